The summed E-state index contributed by atoms with van der Waals surface area (Å²) in [5.74, 6) is 0.578. The molecule has 0 bridgehead atoms. The lowest BCUT2D eigenvalue weighted by molar-refractivity contribution is 0.262. The van der Waals surface area contributed by atoms with Crippen LogP contribution in [0.25, 0.3) is 5.95 Å². The Morgan fingerprint density at radius 1 is 1.16 bits per heavy atom. The normalized spacial score (nSPS) is 11.5. The second-order valence-electron chi connectivity index (χ2n) is 8.09. The summed E-state index contributed by atoms with van der Waals surface area (Å²) in [4.78, 5) is 32.3. The number of rotatable bonds is 4. The number of aromatic nitrogens is 4. The van der Waals surface area contributed by atoms with E-state index < -0.39 is 6.03 Å². The van der Waals surface area contributed by atoms with Crippen LogP contribution in [0.4, 0.5) is 16.3 Å². The molecule has 1 aromatic carbocycles. The van der Waals surface area contributed by atoms with Crippen molar-refractivity contribution >= 4 is 40.7 Å². The minimum atomic E-state index is -0.510. The van der Waals surface area contributed by atoms with Gasteiger partial charge in [0.25, 0.3) is 5.56 Å². The maximum atomic E-state index is 12.6. The first kappa shape index (κ1) is 22.8. The summed E-state index contributed by atoms with van der Waals surface area (Å²) in [6.07, 6.45) is 0.567. The van der Waals surface area contributed by atoms with E-state index in [1.165, 1.54) is 4.68 Å². The minimum absolute atomic E-state index is 0.222. The first-order valence-electron chi connectivity index (χ1n) is 9.73. The molecule has 3 rings (SSSR count). The summed E-state index contributed by atoms with van der Waals surface area (Å²) < 4.78 is 1.42. The third kappa shape index (κ3) is 5.08. The van der Waals surface area contributed by atoms with Gasteiger partial charge in [0, 0.05) is 28.4 Å². The molecule has 31 heavy (non-hydrogen) atoms. The molecule has 2 amide bonds. The number of carbonyl (C=O) groups is 1. The van der Waals surface area contributed by atoms with E-state index in [2.05, 4.69) is 25.7 Å². The van der Waals surface area contributed by atoms with E-state index in [0.29, 0.717) is 39.2 Å². The van der Waals surface area contributed by atoms with Gasteiger partial charge in [-0.2, -0.15) is 9.78 Å². The summed E-state index contributed by atoms with van der Waals surface area (Å²) in [6, 6.07) is 6.01. The fraction of sp³-hybridized carbons (Fsp3) is 0.333. The Morgan fingerprint density at radius 2 is 1.87 bits per heavy atom. The van der Waals surface area contributed by atoms with Crippen molar-refractivity contribution in [1.29, 1.82) is 0 Å². The smallest absolute Gasteiger partial charge is 0.308 e. The molecule has 0 saturated carbocycles. The molecule has 0 fully saturated rings. The van der Waals surface area contributed by atoms with Crippen LogP contribution < -0.4 is 16.2 Å². The highest BCUT2D eigenvalue weighted by Crippen LogP contribution is 2.27. The zero-order valence-corrected chi connectivity index (χ0v) is 19.4. The number of carbonyl (C=O) groups excluding carboxylic acids is 1. The van der Waals surface area contributed by atoms with Crippen molar-refractivity contribution in [3.63, 3.8) is 0 Å². The molecule has 8 nitrogen and oxygen atoms in total. The number of hydrogen-bond donors (Lipinski definition) is 3. The molecule has 0 atom stereocenters. The number of aryl methyl sites for hydroxylation is 1. The molecule has 2 aromatic heterocycles. The van der Waals surface area contributed by atoms with E-state index >= 15 is 0 Å². The number of aromatic amines is 1. The molecule has 0 aliphatic heterocycles. The monoisotopic (exact) mass is 462 g/mol. The molecule has 3 aromatic rings. The second kappa shape index (κ2) is 8.72. The zero-order valence-electron chi connectivity index (χ0n) is 17.9. The Hall–Kier alpha value is -2.84. The van der Waals surface area contributed by atoms with E-state index in [0.717, 1.165) is 5.69 Å². The number of nitrogens with one attached hydrogen (secondary N) is 3. The highest BCUT2D eigenvalue weighted by Gasteiger charge is 2.23. The average Bonchev–Trinajstić information content (AvgIpc) is 3.08. The van der Waals surface area contributed by atoms with Gasteiger partial charge in [0.15, 0.2) is 0 Å². The van der Waals surface area contributed by atoms with E-state index in [9.17, 15) is 9.59 Å². The molecule has 0 spiro atoms. The molecule has 164 valence electrons. The number of hydrogen-bond acceptors (Lipinski definition) is 4. The fourth-order valence-corrected chi connectivity index (χ4v) is 3.26. The average molecular weight is 463 g/mol. The van der Waals surface area contributed by atoms with Gasteiger partial charge in [0.05, 0.1) is 15.7 Å². The number of H-pyrrole nitrogens is 1. The first-order chi connectivity index (χ1) is 14.5. The number of anilines is 2. The maximum absolute atomic E-state index is 12.6. The Kier molecular flexibility index (Phi) is 6.43. The van der Waals surface area contributed by atoms with Crippen molar-refractivity contribution in [2.24, 2.45) is 0 Å². The molecule has 0 unspecified atom stereocenters. The van der Waals surface area contributed by atoms with Crippen molar-refractivity contribution in [3.05, 3.63) is 61.6 Å². The second-order valence-corrected chi connectivity index (χ2v) is 8.91. The van der Waals surface area contributed by atoms with Gasteiger partial charge < -0.3 is 5.32 Å². The Balaban J connectivity index is 1.98. The molecule has 0 aliphatic carbocycles. The van der Waals surface area contributed by atoms with Crippen LogP contribution in [-0.2, 0) is 11.8 Å². The Labute approximate surface area is 190 Å². The molecule has 0 aliphatic rings. The molecule has 0 radical (unpaired) electrons. The Bertz CT molecular complexity index is 1190. The SMILES string of the molecule is CCc1c(C)nc(-n2nc(C(C)(C)C)cc2NC(=O)Nc2ccc(Cl)c(Cl)c2)[nH]c1=O. The number of halogens is 2. The highest BCUT2D eigenvalue weighted by molar-refractivity contribution is 6.42. The van der Waals surface area contributed by atoms with Crippen LogP contribution in [-0.4, -0.2) is 25.8 Å². The van der Waals surface area contributed by atoms with Gasteiger partial charge in [0.2, 0.25) is 5.95 Å². The lowest BCUT2D eigenvalue weighted by Gasteiger charge is -2.14. The molecule has 10 heteroatoms. The summed E-state index contributed by atoms with van der Waals surface area (Å²) in [7, 11) is 0. The molecular weight excluding hydrogens is 439 g/mol. The van der Waals surface area contributed by atoms with Crippen molar-refractivity contribution in [1.82, 2.24) is 19.7 Å². The van der Waals surface area contributed by atoms with Crippen molar-refractivity contribution < 1.29 is 4.79 Å². The van der Waals surface area contributed by atoms with Crippen LogP contribution in [0.5, 0.6) is 0 Å². The maximum Gasteiger partial charge on any atom is 0.324 e. The lowest BCUT2D eigenvalue weighted by atomic mass is 9.92. The number of amides is 2. The van der Waals surface area contributed by atoms with Crippen LogP contribution in [0.2, 0.25) is 10.0 Å². The van der Waals surface area contributed by atoms with Gasteiger partial charge in [-0.05, 0) is 31.5 Å². The highest BCUT2D eigenvalue weighted by atomic mass is 35.5. The molecule has 3 N–H and O–H groups in total. The van der Waals surface area contributed by atoms with Crippen molar-refractivity contribution in [2.45, 2.75) is 46.5 Å². The standard InChI is InChI=1S/C21H24Cl2N6O2/c1-6-13-11(2)24-19(27-18(13)30)29-17(10-16(28-29)21(3,4)5)26-20(31)25-12-7-8-14(22)15(23)9-12/h7-10H,6H2,1-5H3,(H,24,27,30)(H2,25,26,31). The van der Waals surface area contributed by atoms with Gasteiger partial charge in [-0.3, -0.25) is 15.1 Å². The van der Waals surface area contributed by atoms with E-state index in [-0.39, 0.29) is 16.9 Å². The largest absolute Gasteiger partial charge is 0.324 e. The van der Waals surface area contributed by atoms with Crippen molar-refractivity contribution in [2.75, 3.05) is 10.6 Å². The summed E-state index contributed by atoms with van der Waals surface area (Å²) >= 11 is 11.9. The Morgan fingerprint density at radius 3 is 2.45 bits per heavy atom. The summed E-state index contributed by atoms with van der Waals surface area (Å²) in [5.41, 5.74) is 1.89. The number of benzene rings is 1. The van der Waals surface area contributed by atoms with Crippen LogP contribution in [0.3, 0.4) is 0 Å². The topological polar surface area (TPSA) is 105 Å². The fourth-order valence-electron chi connectivity index (χ4n) is 2.96. The first-order valence-corrected chi connectivity index (χ1v) is 10.5. The predicted octanol–water partition coefficient (Wildman–Crippen LogP) is 5.07. The van der Waals surface area contributed by atoms with Gasteiger partial charge in [-0.25, -0.2) is 9.78 Å². The van der Waals surface area contributed by atoms with Crippen LogP contribution in [0.1, 0.15) is 44.6 Å². The molecular formula is C21H24Cl2N6O2. The van der Waals surface area contributed by atoms with Crippen LogP contribution in [0, 0.1) is 6.92 Å². The van der Waals surface area contributed by atoms with Gasteiger partial charge >= 0.3 is 6.03 Å². The summed E-state index contributed by atoms with van der Waals surface area (Å²) in [6.45, 7) is 9.67. The third-order valence-corrected chi connectivity index (χ3v) is 5.40. The van der Waals surface area contributed by atoms with Gasteiger partial charge in [0.1, 0.15) is 5.82 Å². The minimum Gasteiger partial charge on any atom is -0.308 e. The van der Waals surface area contributed by atoms with E-state index in [1.54, 1.807) is 31.2 Å². The van der Waals surface area contributed by atoms with Crippen LogP contribution >= 0.6 is 23.2 Å². The van der Waals surface area contributed by atoms with Crippen LogP contribution in [0.15, 0.2) is 29.1 Å². The lowest BCUT2D eigenvalue weighted by Crippen LogP contribution is -2.24. The van der Waals surface area contributed by atoms with E-state index in [4.69, 9.17) is 23.2 Å². The summed E-state index contributed by atoms with van der Waals surface area (Å²) in [5, 5.41) is 10.8. The quantitative estimate of drug-likeness (QED) is 0.502. The molecule has 0 saturated heterocycles. The number of nitrogens with zero attached hydrogens (tertiary/aromatic N) is 3. The van der Waals surface area contributed by atoms with Gasteiger partial charge in [-0.1, -0.05) is 50.9 Å². The number of urea groups is 1. The van der Waals surface area contributed by atoms with Crippen molar-refractivity contribution in [3.8, 4) is 5.95 Å². The molecule has 2 heterocycles. The van der Waals surface area contributed by atoms with Gasteiger partial charge in [-0.15, -0.1) is 0 Å². The third-order valence-electron chi connectivity index (χ3n) is 4.66. The zero-order chi connectivity index (χ0) is 22.9. The van der Waals surface area contributed by atoms with E-state index in [1.807, 2.05) is 27.7 Å². The predicted molar refractivity (Wildman–Crippen MR) is 124 cm³/mol.